The van der Waals surface area contributed by atoms with Gasteiger partial charge >= 0.3 is 0 Å². The molecular formula is C21H22N6O2. The molecule has 4 rings (SSSR count). The highest BCUT2D eigenvalue weighted by molar-refractivity contribution is 5.98. The summed E-state index contributed by atoms with van der Waals surface area (Å²) in [5, 5.41) is 2.94. The van der Waals surface area contributed by atoms with Crippen LogP contribution in [0.3, 0.4) is 0 Å². The number of benzene rings is 1. The van der Waals surface area contributed by atoms with Gasteiger partial charge in [-0.3, -0.25) is 4.79 Å². The normalized spacial score (nSPS) is 15.6. The third-order valence-electron chi connectivity index (χ3n) is 5.25. The summed E-state index contributed by atoms with van der Waals surface area (Å²) in [6, 6.07) is 11.3. The number of nitrogens with one attached hydrogen (secondary N) is 1. The second-order valence-electron chi connectivity index (χ2n) is 7.03. The lowest BCUT2D eigenvalue weighted by molar-refractivity contribution is -0.125. The molecule has 5 N–H and O–H groups in total. The van der Waals surface area contributed by atoms with E-state index in [1.807, 2.05) is 24.3 Å². The zero-order valence-electron chi connectivity index (χ0n) is 15.8. The number of nitrogen functional groups attached to an aromatic ring is 2. The van der Waals surface area contributed by atoms with Gasteiger partial charge in [0, 0.05) is 31.2 Å². The molecule has 0 saturated carbocycles. The predicted molar refractivity (Wildman–Crippen MR) is 111 cm³/mol. The molecule has 1 aromatic carbocycles. The van der Waals surface area contributed by atoms with Crippen LogP contribution < -0.4 is 16.8 Å². The number of nitrogens with zero attached hydrogens (tertiary/aromatic N) is 3. The Bertz CT molecular complexity index is 981. The minimum absolute atomic E-state index is 0.0957. The van der Waals surface area contributed by atoms with Crippen LogP contribution in [0.5, 0.6) is 0 Å². The maximum absolute atomic E-state index is 13.3. The molecule has 0 spiro atoms. The van der Waals surface area contributed by atoms with Gasteiger partial charge in [-0.2, -0.15) is 0 Å². The maximum Gasteiger partial charge on any atom is 0.236 e. The van der Waals surface area contributed by atoms with E-state index >= 15 is 0 Å². The number of ether oxygens (including phenoxy) is 1. The first-order chi connectivity index (χ1) is 14.1. The molecule has 3 aromatic rings. The second kappa shape index (κ2) is 7.84. The number of pyridine rings is 1. The van der Waals surface area contributed by atoms with Crippen molar-refractivity contribution in [2.75, 3.05) is 30.0 Å². The fraction of sp³-hybridized carbons (Fsp3) is 0.238. The quantitative estimate of drug-likeness (QED) is 0.624. The van der Waals surface area contributed by atoms with E-state index in [4.69, 9.17) is 16.2 Å². The van der Waals surface area contributed by atoms with Gasteiger partial charge in [-0.25, -0.2) is 15.0 Å². The SMILES string of the molecule is Nc1ccc(NC(=O)C2(c3ccc(-c4cnc(N)nc4)cc3)CCOCC2)nc1. The monoisotopic (exact) mass is 390 g/mol. The van der Waals surface area contributed by atoms with Crippen LogP contribution >= 0.6 is 0 Å². The van der Waals surface area contributed by atoms with E-state index in [1.165, 1.54) is 6.20 Å². The first-order valence-electron chi connectivity index (χ1n) is 9.36. The lowest BCUT2D eigenvalue weighted by Crippen LogP contribution is -2.45. The lowest BCUT2D eigenvalue weighted by atomic mass is 9.73. The first-order valence-corrected chi connectivity index (χ1v) is 9.36. The summed E-state index contributed by atoms with van der Waals surface area (Å²) in [6.45, 7) is 1.05. The van der Waals surface area contributed by atoms with Crippen molar-refractivity contribution >= 4 is 23.4 Å². The predicted octanol–water partition coefficient (Wildman–Crippen LogP) is 2.39. The molecule has 0 aliphatic carbocycles. The molecule has 1 aliphatic rings. The summed E-state index contributed by atoms with van der Waals surface area (Å²) >= 11 is 0. The summed E-state index contributed by atoms with van der Waals surface area (Å²) in [5.74, 6) is 0.617. The largest absolute Gasteiger partial charge is 0.397 e. The summed E-state index contributed by atoms with van der Waals surface area (Å²) in [4.78, 5) is 25.5. The molecule has 148 valence electrons. The van der Waals surface area contributed by atoms with Gasteiger partial charge in [0.2, 0.25) is 11.9 Å². The van der Waals surface area contributed by atoms with Gasteiger partial charge in [-0.05, 0) is 36.1 Å². The Labute approximate surface area is 168 Å². The van der Waals surface area contributed by atoms with Gasteiger partial charge in [-0.15, -0.1) is 0 Å². The molecule has 0 atom stereocenters. The topological polar surface area (TPSA) is 129 Å². The minimum atomic E-state index is -0.683. The van der Waals surface area contributed by atoms with E-state index < -0.39 is 5.41 Å². The highest BCUT2D eigenvalue weighted by Gasteiger charge is 2.41. The van der Waals surface area contributed by atoms with Crippen molar-refractivity contribution in [3.05, 3.63) is 60.6 Å². The number of hydrogen-bond acceptors (Lipinski definition) is 7. The summed E-state index contributed by atoms with van der Waals surface area (Å²) in [5.41, 5.74) is 13.9. The molecule has 8 heteroatoms. The number of nitrogens with two attached hydrogens (primary N) is 2. The van der Waals surface area contributed by atoms with Crippen molar-refractivity contribution in [1.29, 1.82) is 0 Å². The van der Waals surface area contributed by atoms with Crippen molar-refractivity contribution in [3.8, 4) is 11.1 Å². The second-order valence-corrected chi connectivity index (χ2v) is 7.03. The molecule has 1 saturated heterocycles. The van der Waals surface area contributed by atoms with Crippen molar-refractivity contribution in [2.24, 2.45) is 0 Å². The van der Waals surface area contributed by atoms with Crippen LogP contribution in [-0.2, 0) is 14.9 Å². The number of hydrogen-bond donors (Lipinski definition) is 3. The maximum atomic E-state index is 13.3. The molecule has 0 unspecified atom stereocenters. The van der Waals surface area contributed by atoms with E-state index in [0.717, 1.165) is 16.7 Å². The average molecular weight is 390 g/mol. The first kappa shape index (κ1) is 18.8. The van der Waals surface area contributed by atoms with Crippen LogP contribution in [0, 0.1) is 0 Å². The molecule has 2 aromatic heterocycles. The van der Waals surface area contributed by atoms with Crippen LogP contribution in [0.1, 0.15) is 18.4 Å². The van der Waals surface area contributed by atoms with Gasteiger partial charge in [-0.1, -0.05) is 24.3 Å². The molecule has 1 amide bonds. The molecule has 0 radical (unpaired) electrons. The molecular weight excluding hydrogens is 368 g/mol. The Morgan fingerprint density at radius 3 is 2.21 bits per heavy atom. The lowest BCUT2D eigenvalue weighted by Gasteiger charge is -2.36. The van der Waals surface area contributed by atoms with Crippen LogP contribution in [0.2, 0.25) is 0 Å². The highest BCUT2D eigenvalue weighted by atomic mass is 16.5. The Hall–Kier alpha value is -3.52. The van der Waals surface area contributed by atoms with Crippen LogP contribution in [0.25, 0.3) is 11.1 Å². The molecule has 3 heterocycles. The standard InChI is InChI=1S/C21H22N6O2/c22-17-5-6-18(24-13-17)27-19(28)21(7-9-29-10-8-21)16-3-1-14(2-4-16)15-11-25-20(23)26-12-15/h1-6,11-13H,7-10,22H2,(H2,23,25,26)(H,24,27,28). The molecule has 0 bridgehead atoms. The van der Waals surface area contributed by atoms with Gasteiger partial charge in [0.15, 0.2) is 0 Å². The fourth-order valence-electron chi connectivity index (χ4n) is 3.55. The zero-order valence-corrected chi connectivity index (χ0v) is 15.8. The van der Waals surface area contributed by atoms with Crippen LogP contribution in [0.4, 0.5) is 17.5 Å². The third-order valence-corrected chi connectivity index (χ3v) is 5.25. The third kappa shape index (κ3) is 3.88. The Morgan fingerprint density at radius 2 is 1.59 bits per heavy atom. The van der Waals surface area contributed by atoms with E-state index in [2.05, 4.69) is 20.3 Å². The summed E-state index contributed by atoms with van der Waals surface area (Å²) in [7, 11) is 0. The zero-order chi connectivity index (χ0) is 20.3. The molecule has 1 aliphatic heterocycles. The average Bonchev–Trinajstić information content (AvgIpc) is 2.76. The van der Waals surface area contributed by atoms with Crippen molar-refractivity contribution < 1.29 is 9.53 Å². The number of carbonyl (C=O) groups is 1. The van der Waals surface area contributed by atoms with Crippen molar-refractivity contribution in [3.63, 3.8) is 0 Å². The van der Waals surface area contributed by atoms with Crippen molar-refractivity contribution in [1.82, 2.24) is 15.0 Å². The van der Waals surface area contributed by atoms with E-state index in [0.29, 0.717) is 37.6 Å². The number of rotatable bonds is 4. The molecule has 1 fully saturated rings. The number of amides is 1. The van der Waals surface area contributed by atoms with Crippen molar-refractivity contribution in [2.45, 2.75) is 18.3 Å². The number of aromatic nitrogens is 3. The molecule has 8 nitrogen and oxygen atoms in total. The van der Waals surface area contributed by atoms with E-state index in [1.54, 1.807) is 24.5 Å². The van der Waals surface area contributed by atoms with E-state index in [9.17, 15) is 4.79 Å². The Morgan fingerprint density at radius 1 is 0.897 bits per heavy atom. The van der Waals surface area contributed by atoms with Crippen LogP contribution in [0.15, 0.2) is 55.0 Å². The number of anilines is 3. The Balaban J connectivity index is 1.62. The molecule has 29 heavy (non-hydrogen) atoms. The minimum Gasteiger partial charge on any atom is -0.397 e. The highest BCUT2D eigenvalue weighted by Crippen LogP contribution is 2.37. The van der Waals surface area contributed by atoms with Crippen LogP contribution in [-0.4, -0.2) is 34.1 Å². The van der Waals surface area contributed by atoms with Gasteiger partial charge in [0.25, 0.3) is 0 Å². The smallest absolute Gasteiger partial charge is 0.236 e. The fourth-order valence-corrected chi connectivity index (χ4v) is 3.55. The summed E-state index contributed by atoms with van der Waals surface area (Å²) in [6.07, 6.45) is 6.08. The Kier molecular flexibility index (Phi) is 5.09. The van der Waals surface area contributed by atoms with Gasteiger partial charge in [0.05, 0.1) is 17.3 Å². The van der Waals surface area contributed by atoms with Gasteiger partial charge < -0.3 is 21.5 Å². The summed E-state index contributed by atoms with van der Waals surface area (Å²) < 4.78 is 5.53. The van der Waals surface area contributed by atoms with Gasteiger partial charge in [0.1, 0.15) is 5.82 Å². The number of carbonyl (C=O) groups excluding carboxylic acids is 1. The van der Waals surface area contributed by atoms with E-state index in [-0.39, 0.29) is 11.9 Å².